The number of carbonyl (C=O) groups is 1. The number of hydrazone groups is 1. The fourth-order valence-electron chi connectivity index (χ4n) is 2.28. The van der Waals surface area contributed by atoms with E-state index in [1.807, 2.05) is 0 Å². The number of rotatable bonds is 6. The van der Waals surface area contributed by atoms with E-state index < -0.39 is 16.0 Å². The monoisotopic (exact) mass is 482 g/mol. The van der Waals surface area contributed by atoms with E-state index in [0.717, 1.165) is 0 Å². The van der Waals surface area contributed by atoms with E-state index in [1.54, 1.807) is 12.1 Å². The molecule has 0 aliphatic rings. The first kappa shape index (κ1) is 22.1. The van der Waals surface area contributed by atoms with Gasteiger partial charge in [0.1, 0.15) is 5.75 Å². The van der Waals surface area contributed by atoms with Crippen molar-refractivity contribution in [1.29, 1.82) is 0 Å². The molecule has 6 nitrogen and oxygen atoms in total. The summed E-state index contributed by atoms with van der Waals surface area (Å²) in [5.41, 5.74) is 0.765. The number of ether oxygens (including phenoxy) is 1. The summed E-state index contributed by atoms with van der Waals surface area (Å²) in [6, 6.07) is 16.4. The van der Waals surface area contributed by atoms with Crippen molar-refractivity contribution < 1.29 is 17.9 Å². The van der Waals surface area contributed by atoms with Crippen molar-refractivity contribution in [3.05, 3.63) is 92.9 Å². The lowest BCUT2D eigenvalue weighted by atomic mass is 10.2. The molecule has 3 rings (SSSR count). The zero-order valence-electron chi connectivity index (χ0n) is 15.1. The Morgan fingerprint density at radius 3 is 2.17 bits per heavy atom. The molecule has 0 unspecified atom stereocenters. The molecule has 154 valence electrons. The van der Waals surface area contributed by atoms with Crippen LogP contribution in [-0.2, 0) is 10.0 Å². The fraction of sp³-hybridized carbons (Fsp3) is 0. The van der Waals surface area contributed by atoms with Crippen LogP contribution in [-0.4, -0.2) is 20.6 Å². The molecule has 0 saturated heterocycles. The molecular formula is C20H13Cl3N2O4S. The van der Waals surface area contributed by atoms with Gasteiger partial charge in [-0.1, -0.05) is 34.8 Å². The Bertz CT molecular complexity index is 1200. The minimum Gasteiger partial charge on any atom is -0.423 e. The summed E-state index contributed by atoms with van der Waals surface area (Å²) in [6.45, 7) is 0. The predicted molar refractivity (Wildman–Crippen MR) is 117 cm³/mol. The zero-order valence-corrected chi connectivity index (χ0v) is 18.1. The van der Waals surface area contributed by atoms with Crippen LogP contribution in [0.15, 0.2) is 76.7 Å². The Hall–Kier alpha value is -2.58. The van der Waals surface area contributed by atoms with E-state index >= 15 is 0 Å². The van der Waals surface area contributed by atoms with Crippen molar-refractivity contribution in [1.82, 2.24) is 4.83 Å². The molecule has 0 spiro atoms. The number of sulfonamides is 1. The molecule has 0 heterocycles. The number of carbonyl (C=O) groups excluding carboxylic acids is 1. The van der Waals surface area contributed by atoms with Crippen LogP contribution in [0.2, 0.25) is 15.1 Å². The average Bonchev–Trinajstić information content (AvgIpc) is 2.69. The van der Waals surface area contributed by atoms with E-state index in [0.29, 0.717) is 15.6 Å². The molecular weight excluding hydrogens is 471 g/mol. The summed E-state index contributed by atoms with van der Waals surface area (Å²) < 4.78 is 29.6. The highest BCUT2D eigenvalue weighted by molar-refractivity contribution is 7.89. The Morgan fingerprint density at radius 1 is 0.900 bits per heavy atom. The number of halogens is 3. The van der Waals surface area contributed by atoms with E-state index in [4.69, 9.17) is 39.5 Å². The second-order valence-corrected chi connectivity index (χ2v) is 8.83. The van der Waals surface area contributed by atoms with Gasteiger partial charge in [-0.2, -0.15) is 13.5 Å². The normalized spacial score (nSPS) is 11.4. The molecule has 3 aromatic carbocycles. The highest BCUT2D eigenvalue weighted by atomic mass is 35.5. The van der Waals surface area contributed by atoms with Gasteiger partial charge in [-0.3, -0.25) is 0 Å². The molecule has 30 heavy (non-hydrogen) atoms. The Labute approximate surface area is 188 Å². The molecule has 0 amide bonds. The first-order chi connectivity index (χ1) is 14.2. The van der Waals surface area contributed by atoms with Crippen molar-refractivity contribution in [3.63, 3.8) is 0 Å². The highest BCUT2D eigenvalue weighted by Gasteiger charge is 2.14. The van der Waals surface area contributed by atoms with Crippen LogP contribution < -0.4 is 9.57 Å². The third-order valence-corrected chi connectivity index (χ3v) is 5.79. The molecule has 3 aromatic rings. The molecule has 0 bridgehead atoms. The Morgan fingerprint density at radius 2 is 1.53 bits per heavy atom. The summed E-state index contributed by atoms with van der Waals surface area (Å²) in [5, 5.41) is 4.76. The molecule has 0 aromatic heterocycles. The van der Waals surface area contributed by atoms with Gasteiger partial charge in [-0.05, 0) is 72.3 Å². The number of nitrogens with one attached hydrogen (secondary N) is 1. The first-order valence-electron chi connectivity index (χ1n) is 8.32. The van der Waals surface area contributed by atoms with Crippen LogP contribution >= 0.6 is 34.8 Å². The Kier molecular flexibility index (Phi) is 6.99. The van der Waals surface area contributed by atoms with Crippen LogP contribution in [0.4, 0.5) is 0 Å². The first-order valence-corrected chi connectivity index (χ1v) is 10.9. The lowest BCUT2D eigenvalue weighted by molar-refractivity contribution is 0.0735. The number of nitrogens with zero attached hydrogens (tertiary/aromatic N) is 1. The van der Waals surface area contributed by atoms with Gasteiger partial charge in [-0.25, -0.2) is 9.63 Å². The molecule has 10 heteroatoms. The summed E-state index contributed by atoms with van der Waals surface area (Å²) in [5.74, 6) is -0.348. The van der Waals surface area contributed by atoms with E-state index in [9.17, 15) is 13.2 Å². The molecule has 0 atom stereocenters. The minimum absolute atomic E-state index is 0.0344. The number of esters is 1. The molecule has 1 N–H and O–H groups in total. The maximum absolute atomic E-state index is 12.2. The molecule has 0 aliphatic carbocycles. The van der Waals surface area contributed by atoms with Crippen LogP contribution in [0.25, 0.3) is 0 Å². The van der Waals surface area contributed by atoms with Crippen LogP contribution in [0.1, 0.15) is 15.9 Å². The van der Waals surface area contributed by atoms with Crippen LogP contribution in [0, 0.1) is 0 Å². The van der Waals surface area contributed by atoms with Gasteiger partial charge in [0.25, 0.3) is 10.0 Å². The molecule has 0 saturated carbocycles. The highest BCUT2D eigenvalue weighted by Crippen LogP contribution is 2.23. The maximum Gasteiger partial charge on any atom is 0.345 e. The van der Waals surface area contributed by atoms with E-state index in [2.05, 4.69) is 9.93 Å². The van der Waals surface area contributed by atoms with Crippen LogP contribution in [0.5, 0.6) is 5.75 Å². The minimum atomic E-state index is -3.81. The van der Waals surface area contributed by atoms with Crippen molar-refractivity contribution in [2.24, 2.45) is 5.10 Å². The zero-order chi connectivity index (χ0) is 21.7. The van der Waals surface area contributed by atoms with Crippen molar-refractivity contribution >= 4 is 57.0 Å². The van der Waals surface area contributed by atoms with Gasteiger partial charge in [0.2, 0.25) is 0 Å². The van der Waals surface area contributed by atoms with Crippen molar-refractivity contribution in [3.8, 4) is 5.75 Å². The number of benzene rings is 3. The van der Waals surface area contributed by atoms with Gasteiger partial charge in [-0.15, -0.1) is 0 Å². The average molecular weight is 484 g/mol. The molecule has 0 radical (unpaired) electrons. The van der Waals surface area contributed by atoms with Gasteiger partial charge >= 0.3 is 5.97 Å². The lowest BCUT2D eigenvalue weighted by Crippen LogP contribution is -2.18. The van der Waals surface area contributed by atoms with Gasteiger partial charge in [0, 0.05) is 10.0 Å². The standard InChI is InChI=1S/C20H13Cl3N2O4S/c21-14-3-8-17(9-4-14)30(27,28)25-24-12-13-1-6-16(7-2-13)29-20(26)18-10-5-15(22)11-19(18)23/h1-12,25H/b24-12+. The van der Waals surface area contributed by atoms with E-state index in [-0.39, 0.29) is 21.2 Å². The molecule has 0 aliphatic heterocycles. The summed E-state index contributed by atoms with van der Waals surface area (Å²) in [6.07, 6.45) is 1.31. The quantitative estimate of drug-likeness (QED) is 0.227. The maximum atomic E-state index is 12.2. The summed E-state index contributed by atoms with van der Waals surface area (Å²) in [4.78, 5) is 14.4. The Balaban J connectivity index is 1.62. The SMILES string of the molecule is O=C(Oc1ccc(/C=N/NS(=O)(=O)c2ccc(Cl)cc2)cc1)c1ccc(Cl)cc1Cl. The summed E-state index contributed by atoms with van der Waals surface area (Å²) in [7, 11) is -3.81. The molecule has 0 fully saturated rings. The smallest absolute Gasteiger partial charge is 0.345 e. The second-order valence-electron chi connectivity index (χ2n) is 5.89. The lowest BCUT2D eigenvalue weighted by Gasteiger charge is -2.06. The summed E-state index contributed by atoms with van der Waals surface area (Å²) >= 11 is 17.6. The van der Waals surface area contributed by atoms with E-state index in [1.165, 1.54) is 60.8 Å². The number of hydrogen-bond acceptors (Lipinski definition) is 5. The van der Waals surface area contributed by atoms with Crippen molar-refractivity contribution in [2.45, 2.75) is 4.90 Å². The van der Waals surface area contributed by atoms with Gasteiger partial charge in [0.15, 0.2) is 0 Å². The van der Waals surface area contributed by atoms with Gasteiger partial charge < -0.3 is 4.74 Å². The number of hydrogen-bond donors (Lipinski definition) is 1. The van der Waals surface area contributed by atoms with Gasteiger partial charge in [0.05, 0.1) is 21.7 Å². The predicted octanol–water partition coefficient (Wildman–Crippen LogP) is 5.18. The topological polar surface area (TPSA) is 84.8 Å². The fourth-order valence-corrected chi connectivity index (χ4v) is 3.68. The van der Waals surface area contributed by atoms with Crippen molar-refractivity contribution in [2.75, 3.05) is 0 Å². The third-order valence-electron chi connectivity index (χ3n) is 3.75. The second kappa shape index (κ2) is 9.49. The van der Waals surface area contributed by atoms with Crippen LogP contribution in [0.3, 0.4) is 0 Å². The largest absolute Gasteiger partial charge is 0.423 e. The third kappa shape index (κ3) is 5.73.